The number of aromatic nitrogens is 2. The van der Waals surface area contributed by atoms with E-state index in [9.17, 15) is 0 Å². The fraction of sp³-hybridized carbons (Fsp3) is 0.417. The summed E-state index contributed by atoms with van der Waals surface area (Å²) >= 11 is 3.54. The lowest BCUT2D eigenvalue weighted by Crippen LogP contribution is -2.21. The average Bonchev–Trinajstić information content (AvgIpc) is 2.89. The number of hydrogen-bond donors (Lipinski definition) is 1. The minimum absolute atomic E-state index is 0.0144. The zero-order valence-electron chi connectivity index (χ0n) is 10.2. The Kier molecular flexibility index (Phi) is 3.69. The molecule has 2 heterocycles. The molecule has 0 fully saturated rings. The van der Waals surface area contributed by atoms with Crippen molar-refractivity contribution in [1.82, 2.24) is 15.1 Å². The first-order valence-corrected chi connectivity index (χ1v) is 6.41. The SMILES string of the molecule is CCn1ncc(Br)c1C(NC)c1ccc(C)o1. The smallest absolute Gasteiger partial charge is 0.127 e. The molecule has 1 unspecified atom stereocenters. The fourth-order valence-corrected chi connectivity index (χ4v) is 2.46. The van der Waals surface area contributed by atoms with Crippen LogP contribution in [0.1, 0.15) is 30.2 Å². The van der Waals surface area contributed by atoms with Gasteiger partial charge in [0.05, 0.1) is 16.4 Å². The highest BCUT2D eigenvalue weighted by atomic mass is 79.9. The summed E-state index contributed by atoms with van der Waals surface area (Å²) in [6, 6.07) is 3.98. The van der Waals surface area contributed by atoms with Gasteiger partial charge in [0, 0.05) is 6.54 Å². The Bertz CT molecular complexity index is 504. The van der Waals surface area contributed by atoms with E-state index in [0.29, 0.717) is 0 Å². The second-order valence-corrected chi connectivity index (χ2v) is 4.72. The predicted octanol–water partition coefficient (Wildman–Crippen LogP) is 2.88. The van der Waals surface area contributed by atoms with Crippen LogP contribution in [-0.2, 0) is 6.54 Å². The lowest BCUT2D eigenvalue weighted by molar-refractivity contribution is 0.427. The first kappa shape index (κ1) is 12.4. The first-order valence-electron chi connectivity index (χ1n) is 5.62. The Labute approximate surface area is 109 Å². The summed E-state index contributed by atoms with van der Waals surface area (Å²) in [5.41, 5.74) is 1.09. The van der Waals surface area contributed by atoms with Crippen LogP contribution in [0.3, 0.4) is 0 Å². The molecule has 17 heavy (non-hydrogen) atoms. The van der Waals surface area contributed by atoms with Crippen molar-refractivity contribution >= 4 is 15.9 Å². The molecule has 0 spiro atoms. The van der Waals surface area contributed by atoms with E-state index in [-0.39, 0.29) is 6.04 Å². The number of nitrogens with zero attached hydrogens (tertiary/aromatic N) is 2. The summed E-state index contributed by atoms with van der Waals surface area (Å²) in [4.78, 5) is 0. The molecule has 0 aliphatic heterocycles. The summed E-state index contributed by atoms with van der Waals surface area (Å²) in [5, 5.41) is 7.59. The minimum Gasteiger partial charge on any atom is -0.464 e. The third kappa shape index (κ3) is 2.30. The lowest BCUT2D eigenvalue weighted by Gasteiger charge is -2.16. The minimum atomic E-state index is 0.0144. The molecule has 1 atom stereocenters. The predicted molar refractivity (Wildman–Crippen MR) is 69.9 cm³/mol. The molecule has 2 aromatic heterocycles. The zero-order chi connectivity index (χ0) is 12.4. The Morgan fingerprint density at radius 3 is 2.82 bits per heavy atom. The topological polar surface area (TPSA) is 43.0 Å². The summed E-state index contributed by atoms with van der Waals surface area (Å²) in [6.07, 6.45) is 1.82. The van der Waals surface area contributed by atoms with Gasteiger partial charge in [-0.15, -0.1) is 0 Å². The maximum atomic E-state index is 5.69. The van der Waals surface area contributed by atoms with E-state index >= 15 is 0 Å². The van der Waals surface area contributed by atoms with Crippen molar-refractivity contribution in [3.8, 4) is 0 Å². The molecule has 2 aromatic rings. The van der Waals surface area contributed by atoms with Crippen molar-refractivity contribution in [2.75, 3.05) is 7.05 Å². The van der Waals surface area contributed by atoms with Crippen LogP contribution in [-0.4, -0.2) is 16.8 Å². The third-order valence-electron chi connectivity index (χ3n) is 2.74. The highest BCUT2D eigenvalue weighted by Crippen LogP contribution is 2.29. The van der Waals surface area contributed by atoms with E-state index in [4.69, 9.17) is 4.42 Å². The number of nitrogens with one attached hydrogen (secondary N) is 1. The summed E-state index contributed by atoms with van der Waals surface area (Å²) in [5.74, 6) is 1.82. The van der Waals surface area contributed by atoms with Crippen molar-refractivity contribution < 1.29 is 4.42 Å². The molecule has 0 saturated carbocycles. The third-order valence-corrected chi connectivity index (χ3v) is 3.35. The maximum Gasteiger partial charge on any atom is 0.127 e. The van der Waals surface area contributed by atoms with E-state index in [1.54, 1.807) is 0 Å². The molecule has 0 aliphatic carbocycles. The van der Waals surface area contributed by atoms with Crippen LogP contribution in [0.5, 0.6) is 0 Å². The van der Waals surface area contributed by atoms with Crippen LogP contribution in [0.4, 0.5) is 0 Å². The number of halogens is 1. The molecule has 2 rings (SSSR count). The van der Waals surface area contributed by atoms with Crippen LogP contribution < -0.4 is 5.32 Å². The van der Waals surface area contributed by atoms with Crippen LogP contribution in [0.25, 0.3) is 0 Å². The highest BCUT2D eigenvalue weighted by Gasteiger charge is 2.22. The van der Waals surface area contributed by atoms with Gasteiger partial charge in [-0.3, -0.25) is 4.68 Å². The largest absolute Gasteiger partial charge is 0.464 e. The summed E-state index contributed by atoms with van der Waals surface area (Å²) in [6.45, 7) is 4.85. The maximum absolute atomic E-state index is 5.69. The van der Waals surface area contributed by atoms with Crippen molar-refractivity contribution in [2.45, 2.75) is 26.4 Å². The summed E-state index contributed by atoms with van der Waals surface area (Å²) < 4.78 is 8.65. The molecular formula is C12H16BrN3O. The molecule has 0 aliphatic rings. The van der Waals surface area contributed by atoms with Crippen molar-refractivity contribution in [2.24, 2.45) is 0 Å². The monoisotopic (exact) mass is 297 g/mol. The molecule has 1 N–H and O–H groups in total. The van der Waals surface area contributed by atoms with Gasteiger partial charge in [0.1, 0.15) is 17.6 Å². The van der Waals surface area contributed by atoms with Gasteiger partial charge in [-0.2, -0.15) is 5.10 Å². The molecule has 0 bridgehead atoms. The molecule has 4 nitrogen and oxygen atoms in total. The standard InChI is InChI=1S/C12H16BrN3O/c1-4-16-12(9(13)7-15-16)11(14-3)10-6-5-8(2)17-10/h5-7,11,14H,4H2,1-3H3. The zero-order valence-corrected chi connectivity index (χ0v) is 11.8. The molecule has 0 aromatic carbocycles. The number of hydrogen-bond acceptors (Lipinski definition) is 3. The van der Waals surface area contributed by atoms with E-state index in [0.717, 1.165) is 28.2 Å². The van der Waals surface area contributed by atoms with Crippen LogP contribution in [0, 0.1) is 6.92 Å². The first-order chi connectivity index (χ1) is 8.17. The van der Waals surface area contributed by atoms with Crippen LogP contribution in [0.15, 0.2) is 27.2 Å². The molecule has 0 radical (unpaired) electrons. The Balaban J connectivity index is 2.44. The molecule has 92 valence electrons. The van der Waals surface area contributed by atoms with Gasteiger partial charge in [0.25, 0.3) is 0 Å². The van der Waals surface area contributed by atoms with Crippen molar-refractivity contribution in [1.29, 1.82) is 0 Å². The van der Waals surface area contributed by atoms with E-state index in [2.05, 4.69) is 33.3 Å². The molecular weight excluding hydrogens is 282 g/mol. The van der Waals surface area contributed by atoms with Crippen molar-refractivity contribution in [3.05, 3.63) is 40.0 Å². The van der Waals surface area contributed by atoms with Gasteiger partial charge in [-0.1, -0.05) is 0 Å². The lowest BCUT2D eigenvalue weighted by atomic mass is 10.1. The van der Waals surface area contributed by atoms with Gasteiger partial charge in [0.2, 0.25) is 0 Å². The second kappa shape index (κ2) is 5.06. The Morgan fingerprint density at radius 1 is 1.53 bits per heavy atom. The Hall–Kier alpha value is -1.07. The highest BCUT2D eigenvalue weighted by molar-refractivity contribution is 9.10. The number of furan rings is 1. The fourth-order valence-electron chi connectivity index (χ4n) is 1.93. The van der Waals surface area contributed by atoms with E-state index in [1.165, 1.54) is 0 Å². The van der Waals surface area contributed by atoms with Gasteiger partial charge in [-0.05, 0) is 49.0 Å². The molecule has 0 amide bonds. The van der Waals surface area contributed by atoms with Gasteiger partial charge in [0.15, 0.2) is 0 Å². The number of aryl methyl sites for hydroxylation is 2. The average molecular weight is 298 g/mol. The number of rotatable bonds is 4. The van der Waals surface area contributed by atoms with Crippen molar-refractivity contribution in [3.63, 3.8) is 0 Å². The van der Waals surface area contributed by atoms with Gasteiger partial charge in [-0.25, -0.2) is 0 Å². The molecule has 0 saturated heterocycles. The second-order valence-electron chi connectivity index (χ2n) is 3.86. The van der Waals surface area contributed by atoms with Gasteiger partial charge < -0.3 is 9.73 Å². The molecule has 5 heteroatoms. The Morgan fingerprint density at radius 2 is 2.29 bits per heavy atom. The van der Waals surface area contributed by atoms with Crippen LogP contribution in [0.2, 0.25) is 0 Å². The van der Waals surface area contributed by atoms with Gasteiger partial charge >= 0.3 is 0 Å². The normalized spacial score (nSPS) is 12.9. The van der Waals surface area contributed by atoms with Crippen LogP contribution >= 0.6 is 15.9 Å². The quantitative estimate of drug-likeness (QED) is 0.944. The summed E-state index contributed by atoms with van der Waals surface area (Å²) in [7, 11) is 1.92. The van der Waals surface area contributed by atoms with E-state index < -0.39 is 0 Å². The van der Waals surface area contributed by atoms with E-state index in [1.807, 2.05) is 37.0 Å².